The highest BCUT2D eigenvalue weighted by Crippen LogP contribution is 2.26. The molecule has 0 aliphatic rings. The smallest absolute Gasteiger partial charge is 0.226 e. The minimum atomic E-state index is -0.326. The number of aromatic nitrogens is 6. The summed E-state index contributed by atoms with van der Waals surface area (Å²) in [6, 6.07) is 10.2. The number of aryl methyl sites for hydroxylation is 1. The Hall–Kier alpha value is -3.33. The number of allylic oxidation sites excluding steroid dienone is 1. The Kier molecular flexibility index (Phi) is 6.29. The van der Waals surface area contributed by atoms with Crippen molar-refractivity contribution in [2.75, 3.05) is 5.75 Å². The second-order valence-electron chi connectivity index (χ2n) is 6.38. The Morgan fingerprint density at radius 1 is 1.13 bits per heavy atom. The second kappa shape index (κ2) is 9.45. The Balaban J connectivity index is 1.38. The van der Waals surface area contributed by atoms with Crippen LogP contribution >= 0.6 is 11.8 Å². The van der Waals surface area contributed by atoms with Gasteiger partial charge in [-0.2, -0.15) is 4.98 Å². The summed E-state index contributed by atoms with van der Waals surface area (Å²) in [4.78, 5) is 8.41. The average Bonchev–Trinajstić information content (AvgIpc) is 3.40. The third-order valence-corrected chi connectivity index (χ3v) is 5.37. The van der Waals surface area contributed by atoms with Crippen LogP contribution in [0.4, 0.5) is 4.39 Å². The molecule has 0 saturated carbocycles. The van der Waals surface area contributed by atoms with E-state index in [1.807, 2.05) is 16.7 Å². The van der Waals surface area contributed by atoms with Gasteiger partial charge in [0.05, 0.1) is 5.56 Å². The SMILES string of the molecule is C=CCn1c(SCCCc2nc(-c3ccncc3)no2)nnc1-c1ccccc1F. The summed E-state index contributed by atoms with van der Waals surface area (Å²) in [5, 5.41) is 13.2. The molecule has 0 spiro atoms. The van der Waals surface area contributed by atoms with Crippen LogP contribution in [-0.2, 0) is 13.0 Å². The molecule has 0 radical (unpaired) electrons. The van der Waals surface area contributed by atoms with Crippen molar-refractivity contribution in [1.29, 1.82) is 0 Å². The molecule has 0 N–H and O–H groups in total. The molecular formula is C21H19FN6OS. The molecule has 0 amide bonds. The van der Waals surface area contributed by atoms with Crippen molar-refractivity contribution in [1.82, 2.24) is 29.9 Å². The zero-order valence-corrected chi connectivity index (χ0v) is 16.9. The summed E-state index contributed by atoms with van der Waals surface area (Å²) in [6.45, 7) is 4.28. The van der Waals surface area contributed by atoms with Crippen molar-refractivity contribution < 1.29 is 8.91 Å². The lowest BCUT2D eigenvalue weighted by molar-refractivity contribution is 0.378. The number of pyridine rings is 1. The monoisotopic (exact) mass is 422 g/mol. The highest BCUT2D eigenvalue weighted by Gasteiger charge is 2.16. The van der Waals surface area contributed by atoms with Crippen LogP contribution in [0.2, 0.25) is 0 Å². The molecule has 0 aliphatic carbocycles. The van der Waals surface area contributed by atoms with Gasteiger partial charge < -0.3 is 4.52 Å². The topological polar surface area (TPSA) is 82.5 Å². The van der Waals surface area contributed by atoms with Crippen LogP contribution in [0.1, 0.15) is 12.3 Å². The van der Waals surface area contributed by atoms with Crippen molar-refractivity contribution in [3.63, 3.8) is 0 Å². The number of halogens is 1. The number of hydrogen-bond donors (Lipinski definition) is 0. The van der Waals surface area contributed by atoms with Crippen LogP contribution in [0, 0.1) is 5.82 Å². The zero-order chi connectivity index (χ0) is 20.8. The van der Waals surface area contributed by atoms with Crippen molar-refractivity contribution in [3.05, 3.63) is 73.2 Å². The number of benzene rings is 1. The lowest BCUT2D eigenvalue weighted by Gasteiger charge is -2.08. The van der Waals surface area contributed by atoms with Gasteiger partial charge in [-0.3, -0.25) is 9.55 Å². The van der Waals surface area contributed by atoms with Gasteiger partial charge in [0.15, 0.2) is 11.0 Å². The zero-order valence-electron chi connectivity index (χ0n) is 16.1. The lowest BCUT2D eigenvalue weighted by atomic mass is 10.2. The molecule has 0 unspecified atom stereocenters. The van der Waals surface area contributed by atoms with E-state index in [-0.39, 0.29) is 5.82 Å². The maximum absolute atomic E-state index is 14.2. The molecule has 7 nitrogen and oxygen atoms in total. The van der Waals surface area contributed by atoms with Crippen molar-refractivity contribution in [3.8, 4) is 22.8 Å². The van der Waals surface area contributed by atoms with Gasteiger partial charge in [-0.05, 0) is 30.7 Å². The fourth-order valence-corrected chi connectivity index (χ4v) is 3.78. The van der Waals surface area contributed by atoms with E-state index < -0.39 is 0 Å². The van der Waals surface area contributed by atoms with Crippen LogP contribution in [0.15, 0.2) is 71.1 Å². The molecule has 3 aromatic heterocycles. The van der Waals surface area contributed by atoms with Crippen LogP contribution < -0.4 is 0 Å². The minimum Gasteiger partial charge on any atom is -0.339 e. The molecule has 30 heavy (non-hydrogen) atoms. The standard InChI is InChI=1S/C21H19FN6OS/c1-2-13-28-20(16-6-3-4-7-17(16)22)25-26-21(28)30-14-5-8-18-24-19(27-29-18)15-9-11-23-12-10-15/h2-4,6-7,9-12H,1,5,8,13-14H2. The molecule has 0 bridgehead atoms. The van der Waals surface area contributed by atoms with Crippen LogP contribution in [0.25, 0.3) is 22.8 Å². The number of rotatable bonds is 9. The van der Waals surface area contributed by atoms with Gasteiger partial charge >= 0.3 is 0 Å². The summed E-state index contributed by atoms with van der Waals surface area (Å²) >= 11 is 1.55. The number of hydrogen-bond acceptors (Lipinski definition) is 7. The highest BCUT2D eigenvalue weighted by atomic mass is 32.2. The van der Waals surface area contributed by atoms with Crippen LogP contribution in [0.5, 0.6) is 0 Å². The summed E-state index contributed by atoms with van der Waals surface area (Å²) in [7, 11) is 0. The quantitative estimate of drug-likeness (QED) is 0.224. The third-order valence-electron chi connectivity index (χ3n) is 4.32. The van der Waals surface area contributed by atoms with E-state index in [0.29, 0.717) is 36.1 Å². The van der Waals surface area contributed by atoms with Gasteiger partial charge in [-0.1, -0.05) is 35.1 Å². The Bertz CT molecular complexity index is 1130. The summed E-state index contributed by atoms with van der Waals surface area (Å²) in [5.74, 6) is 2.09. The van der Waals surface area contributed by atoms with Crippen molar-refractivity contribution in [2.45, 2.75) is 24.5 Å². The molecule has 4 rings (SSSR count). The maximum Gasteiger partial charge on any atom is 0.226 e. The first-order valence-corrected chi connectivity index (χ1v) is 10.4. The van der Waals surface area contributed by atoms with Gasteiger partial charge in [0, 0.05) is 36.7 Å². The molecule has 1 aromatic carbocycles. The van der Waals surface area contributed by atoms with Gasteiger partial charge in [0.1, 0.15) is 5.82 Å². The molecule has 0 aliphatic heterocycles. The van der Waals surface area contributed by atoms with Crippen LogP contribution in [0.3, 0.4) is 0 Å². The molecule has 152 valence electrons. The van der Waals surface area contributed by atoms with Crippen molar-refractivity contribution >= 4 is 11.8 Å². The fourth-order valence-electron chi connectivity index (χ4n) is 2.89. The van der Waals surface area contributed by atoms with E-state index >= 15 is 0 Å². The van der Waals surface area contributed by atoms with Crippen molar-refractivity contribution in [2.24, 2.45) is 0 Å². The molecule has 9 heteroatoms. The first kappa shape index (κ1) is 20.0. The number of nitrogens with zero attached hydrogens (tertiary/aromatic N) is 6. The molecule has 0 fully saturated rings. The van der Waals surface area contributed by atoms with E-state index in [2.05, 4.69) is 31.9 Å². The average molecular weight is 422 g/mol. The maximum atomic E-state index is 14.2. The lowest BCUT2D eigenvalue weighted by Crippen LogP contribution is -2.02. The largest absolute Gasteiger partial charge is 0.339 e. The van der Waals surface area contributed by atoms with Gasteiger partial charge in [-0.25, -0.2) is 4.39 Å². The highest BCUT2D eigenvalue weighted by molar-refractivity contribution is 7.99. The number of thioether (sulfide) groups is 1. The first-order chi connectivity index (χ1) is 14.8. The first-order valence-electron chi connectivity index (χ1n) is 9.41. The minimum absolute atomic E-state index is 0.326. The normalized spacial score (nSPS) is 11.0. The Morgan fingerprint density at radius 2 is 1.97 bits per heavy atom. The van der Waals surface area contributed by atoms with E-state index in [1.54, 1.807) is 48.4 Å². The molecule has 4 aromatic rings. The third kappa shape index (κ3) is 4.46. The predicted octanol–water partition coefficient (Wildman–Crippen LogP) is 4.44. The fraction of sp³-hybridized carbons (Fsp3) is 0.190. The van der Waals surface area contributed by atoms with Crippen LogP contribution in [-0.4, -0.2) is 35.6 Å². The Morgan fingerprint density at radius 3 is 2.77 bits per heavy atom. The van der Waals surface area contributed by atoms with E-state index in [9.17, 15) is 4.39 Å². The summed E-state index contributed by atoms with van der Waals surface area (Å²) in [6.07, 6.45) is 6.60. The van der Waals surface area contributed by atoms with Gasteiger partial charge in [-0.15, -0.1) is 16.8 Å². The predicted molar refractivity (Wildman–Crippen MR) is 112 cm³/mol. The summed E-state index contributed by atoms with van der Waals surface area (Å²) in [5.41, 5.74) is 1.29. The second-order valence-corrected chi connectivity index (χ2v) is 7.45. The molecule has 3 heterocycles. The van der Waals surface area contributed by atoms with Gasteiger partial charge in [0.25, 0.3) is 0 Å². The summed E-state index contributed by atoms with van der Waals surface area (Å²) < 4.78 is 21.4. The van der Waals surface area contributed by atoms with Gasteiger partial charge in [0.2, 0.25) is 11.7 Å². The molecule has 0 atom stereocenters. The van der Waals surface area contributed by atoms with E-state index in [4.69, 9.17) is 4.52 Å². The van der Waals surface area contributed by atoms with E-state index in [0.717, 1.165) is 22.9 Å². The van der Waals surface area contributed by atoms with E-state index in [1.165, 1.54) is 6.07 Å². The molecule has 0 saturated heterocycles. The Labute approximate surface area is 177 Å². The molecular weight excluding hydrogens is 403 g/mol.